The summed E-state index contributed by atoms with van der Waals surface area (Å²) in [5.74, 6) is -0.332. The molecule has 33 heavy (non-hydrogen) atoms. The number of amides is 1. The molecule has 1 aliphatic rings. The molecule has 5 rings (SSSR count). The van der Waals surface area contributed by atoms with Gasteiger partial charge in [0.2, 0.25) is 0 Å². The Labute approximate surface area is 196 Å². The summed E-state index contributed by atoms with van der Waals surface area (Å²) in [4.78, 5) is 17.4. The molecule has 0 atom stereocenters. The van der Waals surface area contributed by atoms with E-state index >= 15 is 0 Å². The van der Waals surface area contributed by atoms with Crippen LogP contribution < -0.4 is 4.90 Å². The van der Waals surface area contributed by atoms with E-state index in [1.807, 2.05) is 58.3 Å². The molecule has 0 aliphatic carbocycles. The maximum absolute atomic E-state index is 14.2. The molecule has 1 fully saturated rings. The number of piperazine rings is 1. The summed E-state index contributed by atoms with van der Waals surface area (Å²) in [7, 11) is 0. The highest BCUT2D eigenvalue weighted by Crippen LogP contribution is 2.27. The van der Waals surface area contributed by atoms with Gasteiger partial charge in [-0.05, 0) is 36.4 Å². The van der Waals surface area contributed by atoms with Crippen molar-refractivity contribution in [1.82, 2.24) is 14.7 Å². The molecule has 2 heterocycles. The van der Waals surface area contributed by atoms with Crippen molar-refractivity contribution in [2.75, 3.05) is 31.1 Å². The van der Waals surface area contributed by atoms with E-state index < -0.39 is 0 Å². The Morgan fingerprint density at radius 1 is 0.848 bits per heavy atom. The molecule has 166 valence electrons. The molecule has 1 amide bonds. The van der Waals surface area contributed by atoms with Crippen LogP contribution in [0.2, 0.25) is 5.02 Å². The first-order valence-corrected chi connectivity index (χ1v) is 11.2. The van der Waals surface area contributed by atoms with Gasteiger partial charge in [0.15, 0.2) is 0 Å². The Balaban J connectivity index is 1.43. The molecule has 0 radical (unpaired) electrons. The van der Waals surface area contributed by atoms with Crippen molar-refractivity contribution in [3.8, 4) is 16.9 Å². The van der Waals surface area contributed by atoms with Gasteiger partial charge < -0.3 is 9.80 Å². The fraction of sp³-hybridized carbons (Fsp3) is 0.154. The molecule has 0 bridgehead atoms. The summed E-state index contributed by atoms with van der Waals surface area (Å²) in [6.07, 6.45) is 1.78. The molecule has 0 unspecified atom stereocenters. The standard InChI is InChI=1S/C26H22ClFN4O/c27-20-12-10-19(11-13-20)25-22(18-32(29-25)21-6-2-1-3-7-21)26(33)31-16-14-30(15-17-31)24-9-5-4-8-23(24)28/h1-13,18H,14-17H2. The molecule has 3 aromatic carbocycles. The number of hydrogen-bond acceptors (Lipinski definition) is 3. The minimum Gasteiger partial charge on any atom is -0.366 e. The lowest BCUT2D eigenvalue weighted by molar-refractivity contribution is 0.0747. The highest BCUT2D eigenvalue weighted by Gasteiger charge is 2.27. The van der Waals surface area contributed by atoms with Crippen molar-refractivity contribution < 1.29 is 9.18 Å². The predicted molar refractivity (Wildman–Crippen MR) is 129 cm³/mol. The maximum Gasteiger partial charge on any atom is 0.257 e. The summed E-state index contributed by atoms with van der Waals surface area (Å²) in [6.45, 7) is 2.14. The number of benzene rings is 3. The van der Waals surface area contributed by atoms with Crippen LogP contribution in [0.5, 0.6) is 0 Å². The quantitative estimate of drug-likeness (QED) is 0.415. The average molecular weight is 461 g/mol. The molecule has 0 saturated carbocycles. The summed E-state index contributed by atoms with van der Waals surface area (Å²) < 4.78 is 15.9. The molecule has 0 spiro atoms. The van der Waals surface area contributed by atoms with Gasteiger partial charge in [-0.1, -0.05) is 54.1 Å². The molecule has 4 aromatic rings. The summed E-state index contributed by atoms with van der Waals surface area (Å²) in [5.41, 5.74) is 3.40. The second kappa shape index (κ2) is 9.08. The highest BCUT2D eigenvalue weighted by molar-refractivity contribution is 6.30. The zero-order chi connectivity index (χ0) is 22.8. The summed E-state index contributed by atoms with van der Waals surface area (Å²) >= 11 is 6.07. The van der Waals surface area contributed by atoms with E-state index in [9.17, 15) is 9.18 Å². The number of anilines is 1. The topological polar surface area (TPSA) is 41.4 Å². The van der Waals surface area contributed by atoms with Gasteiger partial charge >= 0.3 is 0 Å². The van der Waals surface area contributed by atoms with Crippen molar-refractivity contribution in [2.24, 2.45) is 0 Å². The average Bonchev–Trinajstić information content (AvgIpc) is 3.31. The number of halogens is 2. The largest absolute Gasteiger partial charge is 0.366 e. The second-order valence-corrected chi connectivity index (χ2v) is 8.35. The van der Waals surface area contributed by atoms with E-state index in [0.29, 0.717) is 48.1 Å². The third-order valence-corrected chi connectivity index (χ3v) is 6.10. The third-order valence-electron chi connectivity index (χ3n) is 5.84. The first kappa shape index (κ1) is 21.2. The summed E-state index contributed by atoms with van der Waals surface area (Å²) in [5, 5.41) is 5.36. The van der Waals surface area contributed by atoms with Gasteiger partial charge in [-0.25, -0.2) is 9.07 Å². The van der Waals surface area contributed by atoms with Gasteiger partial charge in [-0.15, -0.1) is 0 Å². The molecular weight excluding hydrogens is 439 g/mol. The fourth-order valence-corrected chi connectivity index (χ4v) is 4.22. The predicted octanol–water partition coefficient (Wildman–Crippen LogP) is 5.29. The molecule has 1 saturated heterocycles. The lowest BCUT2D eigenvalue weighted by atomic mass is 10.1. The summed E-state index contributed by atoms with van der Waals surface area (Å²) in [6, 6.07) is 23.8. The van der Waals surface area contributed by atoms with Crippen molar-refractivity contribution in [3.63, 3.8) is 0 Å². The number of rotatable bonds is 4. The van der Waals surface area contributed by atoms with Crippen LogP contribution in [0.3, 0.4) is 0 Å². The van der Waals surface area contributed by atoms with E-state index in [1.54, 1.807) is 35.1 Å². The van der Waals surface area contributed by atoms with Crippen LogP contribution in [0.1, 0.15) is 10.4 Å². The highest BCUT2D eigenvalue weighted by atomic mass is 35.5. The lowest BCUT2D eigenvalue weighted by Gasteiger charge is -2.36. The molecular formula is C26H22ClFN4O. The van der Waals surface area contributed by atoms with E-state index in [4.69, 9.17) is 16.7 Å². The van der Waals surface area contributed by atoms with E-state index in [-0.39, 0.29) is 11.7 Å². The van der Waals surface area contributed by atoms with Crippen LogP contribution in [0, 0.1) is 5.82 Å². The van der Waals surface area contributed by atoms with E-state index in [1.165, 1.54) is 6.07 Å². The minimum absolute atomic E-state index is 0.0877. The third kappa shape index (κ3) is 4.34. The van der Waals surface area contributed by atoms with Crippen LogP contribution in [0.25, 0.3) is 16.9 Å². The zero-order valence-corrected chi connectivity index (χ0v) is 18.6. The number of nitrogens with zero attached hydrogens (tertiary/aromatic N) is 4. The SMILES string of the molecule is O=C(c1cn(-c2ccccc2)nc1-c1ccc(Cl)cc1)N1CCN(c2ccccc2F)CC1. The van der Waals surface area contributed by atoms with Gasteiger partial charge in [0.1, 0.15) is 11.5 Å². The molecule has 0 N–H and O–H groups in total. The zero-order valence-electron chi connectivity index (χ0n) is 17.9. The van der Waals surface area contributed by atoms with Crippen LogP contribution in [0.15, 0.2) is 85.1 Å². The van der Waals surface area contributed by atoms with Gasteiger partial charge in [-0.2, -0.15) is 5.10 Å². The number of para-hydroxylation sites is 2. The number of aromatic nitrogens is 2. The van der Waals surface area contributed by atoms with Crippen LogP contribution >= 0.6 is 11.6 Å². The Hall–Kier alpha value is -3.64. The fourth-order valence-electron chi connectivity index (χ4n) is 4.09. The molecule has 7 heteroatoms. The van der Waals surface area contributed by atoms with Crippen molar-refractivity contribution in [3.05, 3.63) is 101 Å². The van der Waals surface area contributed by atoms with Crippen LogP contribution in [-0.2, 0) is 0 Å². The Morgan fingerprint density at radius 3 is 2.21 bits per heavy atom. The Morgan fingerprint density at radius 2 is 1.52 bits per heavy atom. The number of hydrogen-bond donors (Lipinski definition) is 0. The Kier molecular flexibility index (Phi) is 5.84. The van der Waals surface area contributed by atoms with Crippen molar-refractivity contribution in [1.29, 1.82) is 0 Å². The van der Waals surface area contributed by atoms with Crippen LogP contribution in [-0.4, -0.2) is 46.8 Å². The normalized spacial score (nSPS) is 13.9. The first-order chi connectivity index (χ1) is 16.1. The van der Waals surface area contributed by atoms with Crippen LogP contribution in [0.4, 0.5) is 10.1 Å². The van der Waals surface area contributed by atoms with Gasteiger partial charge in [0.25, 0.3) is 5.91 Å². The number of carbonyl (C=O) groups is 1. The second-order valence-electron chi connectivity index (χ2n) is 7.91. The van der Waals surface area contributed by atoms with Crippen molar-refractivity contribution >= 4 is 23.2 Å². The number of carbonyl (C=O) groups excluding carboxylic acids is 1. The maximum atomic E-state index is 14.2. The minimum atomic E-state index is -0.244. The van der Waals surface area contributed by atoms with Gasteiger partial charge in [-0.3, -0.25) is 4.79 Å². The van der Waals surface area contributed by atoms with Crippen molar-refractivity contribution in [2.45, 2.75) is 0 Å². The molecule has 5 nitrogen and oxygen atoms in total. The van der Waals surface area contributed by atoms with E-state index in [2.05, 4.69) is 0 Å². The first-order valence-electron chi connectivity index (χ1n) is 10.8. The van der Waals surface area contributed by atoms with Gasteiger partial charge in [0.05, 0.1) is 16.9 Å². The molecule has 1 aromatic heterocycles. The van der Waals surface area contributed by atoms with Gasteiger partial charge in [0, 0.05) is 43.0 Å². The lowest BCUT2D eigenvalue weighted by Crippen LogP contribution is -2.49. The molecule has 1 aliphatic heterocycles. The monoisotopic (exact) mass is 460 g/mol. The smallest absolute Gasteiger partial charge is 0.257 e. The van der Waals surface area contributed by atoms with E-state index in [0.717, 1.165) is 11.3 Å². The Bertz CT molecular complexity index is 1270.